The van der Waals surface area contributed by atoms with Crippen LogP contribution in [-0.4, -0.2) is 61.5 Å². The number of nitrogens with zero attached hydrogens (tertiary/aromatic N) is 3. The third-order valence-corrected chi connectivity index (χ3v) is 3.94. The van der Waals surface area contributed by atoms with Crippen molar-refractivity contribution in [3.63, 3.8) is 0 Å². The van der Waals surface area contributed by atoms with Crippen molar-refractivity contribution >= 4 is 11.9 Å². The molecule has 0 spiro atoms. The number of esters is 1. The van der Waals surface area contributed by atoms with Gasteiger partial charge < -0.3 is 9.64 Å². The van der Waals surface area contributed by atoms with Crippen molar-refractivity contribution in [1.82, 2.24) is 9.80 Å². The molecule has 6 nitrogen and oxygen atoms in total. The van der Waals surface area contributed by atoms with E-state index in [-0.39, 0.29) is 25.0 Å². The molecule has 0 atom stereocenters. The Labute approximate surface area is 120 Å². The Bertz CT molecular complexity index is 397. The van der Waals surface area contributed by atoms with Crippen LogP contribution in [0.2, 0.25) is 0 Å². The minimum Gasteiger partial charge on any atom is -0.468 e. The van der Waals surface area contributed by atoms with E-state index in [1.165, 1.54) is 7.11 Å². The molecule has 0 heterocycles. The fourth-order valence-electron chi connectivity index (χ4n) is 2.58. The molecule has 1 aliphatic carbocycles. The van der Waals surface area contributed by atoms with Crippen LogP contribution in [0.25, 0.3) is 0 Å². The largest absolute Gasteiger partial charge is 0.468 e. The van der Waals surface area contributed by atoms with E-state index >= 15 is 0 Å². The van der Waals surface area contributed by atoms with E-state index in [0.29, 0.717) is 0 Å². The number of nitriles is 1. The summed E-state index contributed by atoms with van der Waals surface area (Å²) in [5, 5.41) is 9.45. The number of carbonyl (C=O) groups excluding carboxylic acids is 2. The average Bonchev–Trinajstić information content (AvgIpc) is 2.46. The zero-order valence-electron chi connectivity index (χ0n) is 12.5. The summed E-state index contributed by atoms with van der Waals surface area (Å²) in [6, 6.07) is 2.32. The summed E-state index contributed by atoms with van der Waals surface area (Å²) in [4.78, 5) is 26.6. The van der Waals surface area contributed by atoms with Gasteiger partial charge in [0.15, 0.2) is 0 Å². The molecule has 1 rings (SSSR count). The van der Waals surface area contributed by atoms with Crippen LogP contribution in [0.15, 0.2) is 0 Å². The summed E-state index contributed by atoms with van der Waals surface area (Å²) >= 11 is 0. The first-order chi connectivity index (χ1) is 9.45. The molecule has 1 aliphatic rings. The van der Waals surface area contributed by atoms with Crippen LogP contribution >= 0.6 is 0 Å². The van der Waals surface area contributed by atoms with Crippen LogP contribution in [0.3, 0.4) is 0 Å². The monoisotopic (exact) mass is 281 g/mol. The van der Waals surface area contributed by atoms with Crippen LogP contribution < -0.4 is 0 Å². The summed E-state index contributed by atoms with van der Waals surface area (Å²) in [5.74, 6) is -0.518. The lowest BCUT2D eigenvalue weighted by molar-refractivity contribution is -0.142. The highest BCUT2D eigenvalue weighted by molar-refractivity contribution is 5.80. The van der Waals surface area contributed by atoms with Crippen LogP contribution in [0.1, 0.15) is 32.1 Å². The molecule has 0 aliphatic heterocycles. The van der Waals surface area contributed by atoms with Crippen molar-refractivity contribution in [2.24, 2.45) is 0 Å². The van der Waals surface area contributed by atoms with Gasteiger partial charge in [-0.05, 0) is 19.9 Å². The van der Waals surface area contributed by atoms with Gasteiger partial charge in [0.25, 0.3) is 0 Å². The van der Waals surface area contributed by atoms with Gasteiger partial charge in [-0.2, -0.15) is 5.26 Å². The quantitative estimate of drug-likeness (QED) is 0.696. The number of amides is 1. The van der Waals surface area contributed by atoms with E-state index in [2.05, 4.69) is 10.8 Å². The number of hydrogen-bond donors (Lipinski definition) is 0. The van der Waals surface area contributed by atoms with Crippen LogP contribution in [0.4, 0.5) is 0 Å². The SMILES string of the molecule is COC(=O)CN(C)CC(=O)N(C)C1(C#N)CCCCC1. The zero-order chi connectivity index (χ0) is 15.2. The van der Waals surface area contributed by atoms with Gasteiger partial charge in [0.05, 0.1) is 26.3 Å². The second-order valence-corrected chi connectivity index (χ2v) is 5.41. The third kappa shape index (κ3) is 3.94. The van der Waals surface area contributed by atoms with Crippen molar-refractivity contribution in [1.29, 1.82) is 5.26 Å². The number of hydrogen-bond acceptors (Lipinski definition) is 5. The third-order valence-electron chi connectivity index (χ3n) is 3.94. The van der Waals surface area contributed by atoms with E-state index in [1.807, 2.05) is 0 Å². The lowest BCUT2D eigenvalue weighted by Crippen LogP contribution is -2.52. The molecule has 0 radical (unpaired) electrons. The molecule has 0 N–H and O–H groups in total. The minimum atomic E-state index is -0.679. The highest BCUT2D eigenvalue weighted by atomic mass is 16.5. The van der Waals surface area contributed by atoms with Crippen molar-refractivity contribution in [3.8, 4) is 6.07 Å². The van der Waals surface area contributed by atoms with E-state index in [1.54, 1.807) is 23.9 Å². The standard InChI is InChI=1S/C14H23N3O3/c1-16(10-13(19)20-3)9-12(18)17(2)14(11-15)7-5-4-6-8-14/h4-10H2,1-3H3. The smallest absolute Gasteiger partial charge is 0.319 e. The van der Waals surface area contributed by atoms with Gasteiger partial charge in [-0.15, -0.1) is 0 Å². The molecule has 0 unspecified atom stereocenters. The molecule has 0 aromatic rings. The van der Waals surface area contributed by atoms with Crippen molar-refractivity contribution in [2.45, 2.75) is 37.6 Å². The molecule has 0 aromatic carbocycles. The number of likely N-dealkylation sites (N-methyl/N-ethyl adjacent to an activating group) is 2. The Morgan fingerprint density at radius 1 is 1.20 bits per heavy atom. The highest BCUT2D eigenvalue weighted by Crippen LogP contribution is 2.32. The molecular weight excluding hydrogens is 258 g/mol. The Balaban J connectivity index is 2.61. The molecule has 1 fully saturated rings. The topological polar surface area (TPSA) is 73.6 Å². The second kappa shape index (κ2) is 7.25. The fraction of sp³-hybridized carbons (Fsp3) is 0.786. The van der Waals surface area contributed by atoms with Crippen molar-refractivity contribution in [2.75, 3.05) is 34.3 Å². The van der Waals surface area contributed by atoms with Gasteiger partial charge in [-0.1, -0.05) is 19.3 Å². The highest BCUT2D eigenvalue weighted by Gasteiger charge is 2.38. The maximum Gasteiger partial charge on any atom is 0.319 e. The molecule has 6 heteroatoms. The van der Waals surface area contributed by atoms with Gasteiger partial charge in [-0.3, -0.25) is 14.5 Å². The van der Waals surface area contributed by atoms with E-state index < -0.39 is 5.54 Å². The molecule has 0 saturated heterocycles. The molecule has 1 saturated carbocycles. The van der Waals surface area contributed by atoms with Crippen LogP contribution in [0.5, 0.6) is 0 Å². The lowest BCUT2D eigenvalue weighted by Gasteiger charge is -2.39. The maximum atomic E-state index is 12.3. The number of rotatable bonds is 5. The van der Waals surface area contributed by atoms with Gasteiger partial charge in [-0.25, -0.2) is 0 Å². The predicted molar refractivity (Wildman–Crippen MR) is 73.7 cm³/mol. The number of methoxy groups -OCH3 is 1. The normalized spacial score (nSPS) is 17.4. The zero-order valence-corrected chi connectivity index (χ0v) is 12.5. The van der Waals surface area contributed by atoms with Crippen LogP contribution in [-0.2, 0) is 14.3 Å². The molecule has 0 bridgehead atoms. The summed E-state index contributed by atoms with van der Waals surface area (Å²) in [5.41, 5.74) is -0.679. The molecule has 0 aromatic heterocycles. The molecular formula is C14H23N3O3. The first-order valence-corrected chi connectivity index (χ1v) is 6.88. The van der Waals surface area contributed by atoms with Gasteiger partial charge in [0.1, 0.15) is 5.54 Å². The Morgan fingerprint density at radius 3 is 2.30 bits per heavy atom. The Kier molecular flexibility index (Phi) is 5.96. The maximum absolute atomic E-state index is 12.3. The van der Waals surface area contributed by atoms with Gasteiger partial charge in [0, 0.05) is 7.05 Å². The Hall–Kier alpha value is -1.61. The predicted octanol–water partition coefficient (Wildman–Crippen LogP) is 0.776. The molecule has 112 valence electrons. The summed E-state index contributed by atoms with van der Waals surface area (Å²) in [6.45, 7) is 0.171. The van der Waals surface area contributed by atoms with Gasteiger partial charge >= 0.3 is 5.97 Å². The first-order valence-electron chi connectivity index (χ1n) is 6.88. The summed E-state index contributed by atoms with van der Waals surface area (Å²) in [7, 11) is 4.68. The van der Waals surface area contributed by atoms with Gasteiger partial charge in [0.2, 0.25) is 5.91 Å². The molecule has 1 amide bonds. The lowest BCUT2D eigenvalue weighted by atomic mass is 9.81. The average molecular weight is 281 g/mol. The number of carbonyl (C=O) groups is 2. The number of ether oxygens (including phenoxy) is 1. The summed E-state index contributed by atoms with van der Waals surface area (Å²) in [6.07, 6.45) is 4.53. The first kappa shape index (κ1) is 16.4. The summed E-state index contributed by atoms with van der Waals surface area (Å²) < 4.78 is 4.56. The minimum absolute atomic E-state index is 0.0651. The van der Waals surface area contributed by atoms with E-state index in [9.17, 15) is 14.9 Å². The van der Waals surface area contributed by atoms with Crippen molar-refractivity contribution in [3.05, 3.63) is 0 Å². The fourth-order valence-corrected chi connectivity index (χ4v) is 2.58. The van der Waals surface area contributed by atoms with Crippen LogP contribution in [0, 0.1) is 11.3 Å². The van der Waals surface area contributed by atoms with Crippen molar-refractivity contribution < 1.29 is 14.3 Å². The van der Waals surface area contributed by atoms with E-state index in [0.717, 1.165) is 32.1 Å². The Morgan fingerprint density at radius 2 is 1.80 bits per heavy atom. The molecule has 20 heavy (non-hydrogen) atoms. The van der Waals surface area contributed by atoms with E-state index in [4.69, 9.17) is 0 Å². The second-order valence-electron chi connectivity index (χ2n) is 5.41.